The number of aryl methyl sites for hydroxylation is 1. The summed E-state index contributed by atoms with van der Waals surface area (Å²) < 4.78 is 23.7. The van der Waals surface area contributed by atoms with Gasteiger partial charge in [0, 0.05) is 5.75 Å². The zero-order valence-electron chi connectivity index (χ0n) is 28.0. The van der Waals surface area contributed by atoms with Crippen LogP contribution in [-0.4, -0.2) is 37.5 Å². The van der Waals surface area contributed by atoms with E-state index >= 15 is 0 Å². The van der Waals surface area contributed by atoms with E-state index in [1.807, 2.05) is 110 Å². The van der Waals surface area contributed by atoms with Gasteiger partial charge in [0.2, 0.25) is 5.91 Å². The summed E-state index contributed by atoms with van der Waals surface area (Å²) in [6, 6.07) is 39.8. The van der Waals surface area contributed by atoms with Crippen molar-refractivity contribution in [2.45, 2.75) is 19.4 Å². The molecule has 260 valence electrons. The van der Waals surface area contributed by atoms with Crippen LogP contribution in [0.3, 0.4) is 0 Å². The van der Waals surface area contributed by atoms with Crippen LogP contribution in [0.4, 0.5) is 4.39 Å². The first kappa shape index (κ1) is 37.2. The Bertz CT molecular complexity index is 1820. The maximum atomic E-state index is 13.1. The van der Waals surface area contributed by atoms with Gasteiger partial charge in [-0.3, -0.25) is 20.6 Å². The van der Waals surface area contributed by atoms with Gasteiger partial charge in [0.25, 0.3) is 0 Å². The van der Waals surface area contributed by atoms with Crippen molar-refractivity contribution in [3.8, 4) is 11.5 Å². The van der Waals surface area contributed by atoms with Gasteiger partial charge in [0.05, 0.1) is 32.4 Å². The summed E-state index contributed by atoms with van der Waals surface area (Å²) in [5.41, 5.74) is 8.38. The molecule has 1 heterocycles. The fraction of sp³-hybridized carbons (Fsp3) is 0.179. The Hall–Kier alpha value is -4.07. The second-order valence-corrected chi connectivity index (χ2v) is 20.5. The second kappa shape index (κ2) is 16.8. The third-order valence-corrected chi connectivity index (χ3v) is 16.4. The van der Waals surface area contributed by atoms with Gasteiger partial charge in [-0.15, -0.1) is 0 Å². The molecule has 0 saturated heterocycles. The van der Waals surface area contributed by atoms with Gasteiger partial charge in [0.15, 0.2) is 11.5 Å². The third-order valence-electron chi connectivity index (χ3n) is 8.25. The third kappa shape index (κ3) is 8.62. The Kier molecular flexibility index (Phi) is 12.5. The Morgan fingerprint density at radius 1 is 0.820 bits per heavy atom. The van der Waals surface area contributed by atoms with Gasteiger partial charge in [0.1, 0.15) is 11.7 Å². The Morgan fingerprint density at radius 2 is 1.32 bits per heavy atom. The first-order valence-electron chi connectivity index (χ1n) is 15.9. The number of aliphatic imine (C=N–C) groups is 1. The molecule has 0 bridgehead atoms. The van der Waals surface area contributed by atoms with Crippen molar-refractivity contribution in [2.75, 3.05) is 25.7 Å². The van der Waals surface area contributed by atoms with E-state index < -0.39 is 5.31 Å². The Labute approximate surface area is 306 Å². The number of thioether (sulfide) groups is 1. The number of benzene rings is 5. The summed E-state index contributed by atoms with van der Waals surface area (Å²) in [4.78, 5) is 17.0. The van der Waals surface area contributed by atoms with Crippen LogP contribution in [0.25, 0.3) is 0 Å². The molecule has 0 aromatic heterocycles. The summed E-state index contributed by atoms with van der Waals surface area (Å²) in [5, 5.41) is -0.543. The van der Waals surface area contributed by atoms with Crippen LogP contribution >= 0.6 is 39.6 Å². The van der Waals surface area contributed by atoms with E-state index in [-0.39, 0.29) is 24.2 Å². The molecule has 50 heavy (non-hydrogen) atoms. The molecule has 5 aromatic rings. The van der Waals surface area contributed by atoms with E-state index in [1.165, 1.54) is 12.1 Å². The van der Waals surface area contributed by atoms with Gasteiger partial charge in [-0.2, -0.15) is 11.8 Å². The maximum absolute atomic E-state index is 13.1. The summed E-state index contributed by atoms with van der Waals surface area (Å²) in [6.45, 7) is 1.92. The number of hydrogen-bond donors (Lipinski definition) is 2. The molecular weight excluding hydrogens is 711 g/mol. The first-order valence-corrected chi connectivity index (χ1v) is 21.1. The average molecular weight is 751 g/mol. The van der Waals surface area contributed by atoms with E-state index in [4.69, 9.17) is 32.0 Å². The van der Waals surface area contributed by atoms with Crippen LogP contribution in [0, 0.1) is 12.7 Å². The van der Waals surface area contributed by atoms with Gasteiger partial charge < -0.3 is 9.47 Å². The van der Waals surface area contributed by atoms with E-state index in [2.05, 4.69) is 15.8 Å². The molecule has 6 nitrogen and oxygen atoms in total. The number of ether oxygens (including phenoxy) is 2. The molecule has 1 unspecified atom stereocenters. The molecule has 1 amide bonds. The number of carbonyl (C=O) groups is 1. The van der Waals surface area contributed by atoms with Gasteiger partial charge in [-0.05, 0) is 47.9 Å². The topological polar surface area (TPSA) is 72.0 Å². The van der Waals surface area contributed by atoms with E-state index in [0.717, 1.165) is 38.4 Å². The second-order valence-electron chi connectivity index (χ2n) is 11.6. The minimum absolute atomic E-state index is 0.0677. The normalized spacial score (nSPS) is 14.9. The van der Waals surface area contributed by atoms with Crippen molar-refractivity contribution in [3.63, 3.8) is 0 Å². The number of amides is 1. The minimum atomic E-state index is -3.43. The molecule has 11 heteroatoms. The SMILES string of the molecule is COc1cc(C)c(CC(=O)NNC2=NC(c3ccc(F)cc3)CSC2)cc1OC.ClP(Cl)(c1ccccc1)(c1ccccc1)c1ccccc1. The van der Waals surface area contributed by atoms with Crippen LogP contribution in [0.15, 0.2) is 132 Å². The number of methoxy groups -OCH3 is 2. The van der Waals surface area contributed by atoms with Crippen molar-refractivity contribution in [1.82, 2.24) is 10.9 Å². The zero-order valence-corrected chi connectivity index (χ0v) is 31.2. The van der Waals surface area contributed by atoms with Crippen molar-refractivity contribution in [1.29, 1.82) is 0 Å². The number of hydrazine groups is 1. The summed E-state index contributed by atoms with van der Waals surface area (Å²) in [7, 11) is 3.14. The molecule has 1 aliphatic heterocycles. The summed E-state index contributed by atoms with van der Waals surface area (Å²) >= 11 is 16.2. The molecule has 0 fully saturated rings. The van der Waals surface area contributed by atoms with Gasteiger partial charge >= 0.3 is 135 Å². The molecule has 5 aromatic carbocycles. The standard InChI is InChI=1S/C21H24FN3O3S.C18H15Cl2P/c1-13-8-18(27-2)19(28-3)9-15(13)10-21(26)25-24-20-12-29-11-17(23-20)14-4-6-16(22)7-5-14;19-21(20,16-10-4-1-5-11-16,17-12-6-2-7-13-17)18-14-8-3-9-15-18/h4-9,17H,10-12H2,1-3H3,(H,23,24)(H,25,26);1-15H. The number of amidine groups is 1. The monoisotopic (exact) mass is 749 g/mol. The quantitative estimate of drug-likeness (QED) is 0.124. The molecule has 0 spiro atoms. The van der Waals surface area contributed by atoms with Gasteiger partial charge in [-0.25, -0.2) is 4.39 Å². The zero-order chi connectivity index (χ0) is 35.6. The number of carbonyl (C=O) groups excluding carboxylic acids is 1. The Balaban J connectivity index is 0.000000204. The molecule has 2 N–H and O–H groups in total. The fourth-order valence-electron chi connectivity index (χ4n) is 5.54. The fourth-order valence-corrected chi connectivity index (χ4v) is 11.5. The van der Waals surface area contributed by atoms with Gasteiger partial charge in [-0.1, -0.05) is 12.1 Å². The first-order chi connectivity index (χ1) is 24.1. The average Bonchev–Trinajstić information content (AvgIpc) is 3.16. The van der Waals surface area contributed by atoms with Crippen molar-refractivity contribution >= 4 is 67.2 Å². The van der Waals surface area contributed by atoms with E-state index in [1.54, 1.807) is 38.1 Å². The number of halogens is 3. The van der Waals surface area contributed by atoms with Crippen molar-refractivity contribution in [3.05, 3.63) is 150 Å². The van der Waals surface area contributed by atoms with E-state index in [0.29, 0.717) is 23.1 Å². The molecule has 6 rings (SSSR count). The van der Waals surface area contributed by atoms with Crippen LogP contribution in [-0.2, 0) is 11.2 Å². The van der Waals surface area contributed by atoms with Crippen molar-refractivity contribution < 1.29 is 18.7 Å². The van der Waals surface area contributed by atoms with Crippen LogP contribution in [0.5, 0.6) is 11.5 Å². The molecule has 1 aliphatic rings. The van der Waals surface area contributed by atoms with Crippen molar-refractivity contribution in [2.24, 2.45) is 4.99 Å². The summed E-state index contributed by atoms with van der Waals surface area (Å²) in [5.74, 6) is 2.95. The van der Waals surface area contributed by atoms with Crippen LogP contribution < -0.4 is 36.2 Å². The van der Waals surface area contributed by atoms with Crippen LogP contribution in [0.1, 0.15) is 22.7 Å². The molecule has 0 aliphatic carbocycles. The number of nitrogens with one attached hydrogen (secondary N) is 2. The molecule has 1 atom stereocenters. The number of hydrogen-bond acceptors (Lipinski definition) is 6. The predicted octanol–water partition coefficient (Wildman–Crippen LogP) is 8.03. The van der Waals surface area contributed by atoms with E-state index in [9.17, 15) is 9.18 Å². The Morgan fingerprint density at radius 3 is 1.82 bits per heavy atom. The molecule has 0 radical (unpaired) electrons. The number of nitrogens with zero attached hydrogens (tertiary/aromatic N) is 1. The predicted molar refractivity (Wildman–Crippen MR) is 210 cm³/mol. The summed E-state index contributed by atoms with van der Waals surface area (Å²) in [6.07, 6.45) is 0.195. The number of rotatable bonds is 8. The van der Waals surface area contributed by atoms with Crippen LogP contribution in [0.2, 0.25) is 0 Å². The molecule has 0 saturated carbocycles. The molecular formula is C39H39Cl2FN3O3PS.